The molecule has 1 aromatic heterocycles. The van der Waals surface area contributed by atoms with Gasteiger partial charge in [0.05, 0.1) is 7.11 Å². The van der Waals surface area contributed by atoms with E-state index in [1.54, 1.807) is 0 Å². The fourth-order valence-electron chi connectivity index (χ4n) is 0.967. The molecule has 0 aliphatic carbocycles. The number of methoxy groups -OCH3 is 1. The maximum Gasteiger partial charge on any atom is 0.213 e. The molecular formula is C9H12FNO2. The van der Waals surface area contributed by atoms with Crippen LogP contribution in [0.1, 0.15) is 19.5 Å². The van der Waals surface area contributed by atoms with E-state index in [9.17, 15) is 9.50 Å². The van der Waals surface area contributed by atoms with Gasteiger partial charge < -0.3 is 9.84 Å². The molecular weight excluding hydrogens is 173 g/mol. The molecule has 0 saturated heterocycles. The van der Waals surface area contributed by atoms with Gasteiger partial charge in [0, 0.05) is 6.07 Å². The second-order valence-electron chi connectivity index (χ2n) is 3.24. The van der Waals surface area contributed by atoms with Crippen LogP contribution in [0.25, 0.3) is 0 Å². The smallest absolute Gasteiger partial charge is 0.213 e. The molecule has 1 N–H and O–H groups in total. The number of rotatable bonds is 2. The molecule has 72 valence electrons. The highest BCUT2D eigenvalue weighted by Gasteiger charge is 2.22. The number of ether oxygens (including phenoxy) is 1. The number of nitrogens with zero attached hydrogens (tertiary/aromatic N) is 1. The normalized spacial score (nSPS) is 11.5. The molecule has 0 bridgehead atoms. The van der Waals surface area contributed by atoms with Crippen molar-refractivity contribution in [1.82, 2.24) is 4.98 Å². The van der Waals surface area contributed by atoms with Crippen LogP contribution >= 0.6 is 0 Å². The van der Waals surface area contributed by atoms with Gasteiger partial charge in [-0.05, 0) is 19.9 Å². The Morgan fingerprint density at radius 3 is 2.54 bits per heavy atom. The van der Waals surface area contributed by atoms with Gasteiger partial charge in [0.25, 0.3) is 0 Å². The SMILES string of the molecule is COc1ccc(F)c(C(C)(C)O)n1. The molecule has 1 rings (SSSR count). The number of hydrogen-bond acceptors (Lipinski definition) is 3. The van der Waals surface area contributed by atoms with E-state index in [-0.39, 0.29) is 5.69 Å². The Morgan fingerprint density at radius 2 is 2.08 bits per heavy atom. The summed E-state index contributed by atoms with van der Waals surface area (Å²) in [5.41, 5.74) is -1.30. The highest BCUT2D eigenvalue weighted by atomic mass is 19.1. The predicted octanol–water partition coefficient (Wildman–Crippen LogP) is 1.46. The van der Waals surface area contributed by atoms with Crippen molar-refractivity contribution in [3.8, 4) is 5.88 Å². The Labute approximate surface area is 76.2 Å². The molecule has 0 radical (unpaired) electrons. The van der Waals surface area contributed by atoms with E-state index in [2.05, 4.69) is 4.98 Å². The molecule has 0 spiro atoms. The Hall–Kier alpha value is -1.16. The van der Waals surface area contributed by atoms with Gasteiger partial charge in [0.1, 0.15) is 17.1 Å². The summed E-state index contributed by atoms with van der Waals surface area (Å²) in [5.74, 6) is -0.244. The average Bonchev–Trinajstić information content (AvgIpc) is 2.03. The molecule has 0 fully saturated rings. The summed E-state index contributed by atoms with van der Waals surface area (Å²) in [6.07, 6.45) is 0. The van der Waals surface area contributed by atoms with Gasteiger partial charge in [-0.2, -0.15) is 0 Å². The summed E-state index contributed by atoms with van der Waals surface area (Å²) in [6.45, 7) is 2.94. The second-order valence-corrected chi connectivity index (χ2v) is 3.24. The largest absolute Gasteiger partial charge is 0.481 e. The van der Waals surface area contributed by atoms with Gasteiger partial charge in [-0.3, -0.25) is 0 Å². The Morgan fingerprint density at radius 1 is 1.46 bits per heavy atom. The highest BCUT2D eigenvalue weighted by molar-refractivity contribution is 5.21. The van der Waals surface area contributed by atoms with Crippen LogP contribution in [0.5, 0.6) is 5.88 Å². The van der Waals surface area contributed by atoms with Crippen LogP contribution in [0, 0.1) is 5.82 Å². The van der Waals surface area contributed by atoms with Crippen LogP contribution in [0.2, 0.25) is 0 Å². The summed E-state index contributed by atoms with van der Waals surface area (Å²) in [5, 5.41) is 9.53. The lowest BCUT2D eigenvalue weighted by Gasteiger charge is -2.17. The third-order valence-corrected chi connectivity index (χ3v) is 1.61. The fraction of sp³-hybridized carbons (Fsp3) is 0.444. The Kier molecular flexibility index (Phi) is 2.52. The van der Waals surface area contributed by atoms with Gasteiger partial charge in [0.15, 0.2) is 0 Å². The first-order chi connectivity index (χ1) is 5.95. The van der Waals surface area contributed by atoms with Crippen LogP contribution in [0.3, 0.4) is 0 Å². The van der Waals surface area contributed by atoms with Crippen molar-refractivity contribution in [2.45, 2.75) is 19.4 Å². The van der Waals surface area contributed by atoms with Crippen molar-refractivity contribution in [1.29, 1.82) is 0 Å². The molecule has 0 aromatic carbocycles. The Bertz CT molecular complexity index is 307. The van der Waals surface area contributed by atoms with E-state index in [0.717, 1.165) is 0 Å². The molecule has 0 aliphatic rings. The van der Waals surface area contributed by atoms with Crippen molar-refractivity contribution in [2.24, 2.45) is 0 Å². The van der Waals surface area contributed by atoms with E-state index >= 15 is 0 Å². The fourth-order valence-corrected chi connectivity index (χ4v) is 0.967. The van der Waals surface area contributed by atoms with E-state index < -0.39 is 11.4 Å². The zero-order valence-electron chi connectivity index (χ0n) is 7.84. The van der Waals surface area contributed by atoms with Crippen LogP contribution < -0.4 is 4.74 Å². The van der Waals surface area contributed by atoms with E-state index in [0.29, 0.717) is 5.88 Å². The molecule has 1 aromatic rings. The van der Waals surface area contributed by atoms with Crippen molar-refractivity contribution in [3.63, 3.8) is 0 Å². The lowest BCUT2D eigenvalue weighted by atomic mass is 10.0. The topological polar surface area (TPSA) is 42.4 Å². The first-order valence-electron chi connectivity index (χ1n) is 3.88. The van der Waals surface area contributed by atoms with Crippen LogP contribution in [-0.4, -0.2) is 17.2 Å². The standard InChI is InChI=1S/C9H12FNO2/c1-9(2,12)8-6(10)4-5-7(11-8)13-3/h4-5,12H,1-3H3. The summed E-state index contributed by atoms with van der Waals surface area (Å²) >= 11 is 0. The van der Waals surface area contributed by atoms with Crippen LogP contribution in [-0.2, 0) is 5.60 Å². The molecule has 1 heterocycles. The minimum Gasteiger partial charge on any atom is -0.481 e. The summed E-state index contributed by atoms with van der Waals surface area (Å²) in [7, 11) is 1.44. The third kappa shape index (κ3) is 2.15. The maximum atomic E-state index is 13.1. The summed E-state index contributed by atoms with van der Waals surface area (Å²) in [4.78, 5) is 3.81. The molecule has 0 amide bonds. The molecule has 0 aliphatic heterocycles. The van der Waals surface area contributed by atoms with Crippen molar-refractivity contribution in [3.05, 3.63) is 23.6 Å². The molecule has 3 nitrogen and oxygen atoms in total. The van der Waals surface area contributed by atoms with Gasteiger partial charge in [-0.15, -0.1) is 0 Å². The van der Waals surface area contributed by atoms with E-state index in [1.807, 2.05) is 0 Å². The molecule has 0 saturated carbocycles. The van der Waals surface area contributed by atoms with E-state index in [4.69, 9.17) is 4.74 Å². The van der Waals surface area contributed by atoms with Crippen LogP contribution in [0.15, 0.2) is 12.1 Å². The first kappa shape index (κ1) is 9.92. The number of aromatic nitrogens is 1. The molecule has 0 unspecified atom stereocenters. The van der Waals surface area contributed by atoms with Gasteiger partial charge >= 0.3 is 0 Å². The minimum atomic E-state index is -1.29. The molecule has 0 atom stereocenters. The second kappa shape index (κ2) is 3.30. The van der Waals surface area contributed by atoms with Gasteiger partial charge in [-0.25, -0.2) is 9.37 Å². The van der Waals surface area contributed by atoms with E-state index in [1.165, 1.54) is 33.1 Å². The predicted molar refractivity (Wildman–Crippen MR) is 46.0 cm³/mol. The van der Waals surface area contributed by atoms with Crippen molar-refractivity contribution >= 4 is 0 Å². The summed E-state index contributed by atoms with van der Waals surface area (Å²) < 4.78 is 17.9. The lowest BCUT2D eigenvalue weighted by molar-refractivity contribution is 0.0687. The maximum absolute atomic E-state index is 13.1. The quantitative estimate of drug-likeness (QED) is 0.758. The van der Waals surface area contributed by atoms with Crippen molar-refractivity contribution < 1.29 is 14.2 Å². The van der Waals surface area contributed by atoms with Crippen molar-refractivity contribution in [2.75, 3.05) is 7.11 Å². The number of pyridine rings is 1. The monoisotopic (exact) mass is 185 g/mol. The third-order valence-electron chi connectivity index (χ3n) is 1.61. The molecule has 4 heteroatoms. The number of hydrogen-bond donors (Lipinski definition) is 1. The average molecular weight is 185 g/mol. The zero-order valence-corrected chi connectivity index (χ0v) is 7.84. The summed E-state index contributed by atoms with van der Waals surface area (Å²) in [6, 6.07) is 2.63. The molecule has 13 heavy (non-hydrogen) atoms. The zero-order chi connectivity index (χ0) is 10.1. The highest BCUT2D eigenvalue weighted by Crippen LogP contribution is 2.22. The van der Waals surface area contributed by atoms with Gasteiger partial charge in [0.2, 0.25) is 5.88 Å². The number of halogens is 1. The van der Waals surface area contributed by atoms with Gasteiger partial charge in [-0.1, -0.05) is 0 Å². The minimum absolute atomic E-state index is 0.00755. The lowest BCUT2D eigenvalue weighted by Crippen LogP contribution is -2.19. The number of aliphatic hydroxyl groups is 1. The Balaban J connectivity index is 3.19. The first-order valence-corrected chi connectivity index (χ1v) is 3.88. The van der Waals surface area contributed by atoms with Crippen LogP contribution in [0.4, 0.5) is 4.39 Å².